The quantitative estimate of drug-likeness (QED) is 0.564. The molecule has 0 saturated carbocycles. The minimum atomic E-state index is -3.63. The molecule has 2 aromatic carbocycles. The Morgan fingerprint density at radius 3 is 2.11 bits per heavy atom. The zero-order valence-corrected chi connectivity index (χ0v) is 16.8. The van der Waals surface area contributed by atoms with Gasteiger partial charge in [-0.3, -0.25) is 0 Å². The molecule has 0 atom stereocenters. The van der Waals surface area contributed by atoms with Gasteiger partial charge in [0.15, 0.2) is 0 Å². The van der Waals surface area contributed by atoms with Crippen molar-refractivity contribution in [3.8, 4) is 5.75 Å². The summed E-state index contributed by atoms with van der Waals surface area (Å²) in [6.07, 6.45) is 0. The molecular weight excluding hydrogens is 390 g/mol. The number of benzene rings is 2. The summed E-state index contributed by atoms with van der Waals surface area (Å²) in [4.78, 5) is 0.124. The number of nitrogens with zero attached hydrogens (tertiary/aromatic N) is 1. The van der Waals surface area contributed by atoms with Crippen molar-refractivity contribution in [3.05, 3.63) is 60.2 Å². The SMILES string of the molecule is CN(C)S(=O)(=O)NCCOc1ccc(S(=O)(=O)NCc2ccccc2)cc1. The molecule has 0 bridgehead atoms. The van der Waals surface area contributed by atoms with Gasteiger partial charge in [-0.2, -0.15) is 17.4 Å². The first kappa shape index (κ1) is 21.3. The van der Waals surface area contributed by atoms with Crippen LogP contribution in [0.15, 0.2) is 59.5 Å². The van der Waals surface area contributed by atoms with Crippen molar-refractivity contribution >= 4 is 20.2 Å². The van der Waals surface area contributed by atoms with E-state index >= 15 is 0 Å². The Bertz CT molecular complexity index is 928. The normalized spacial score (nSPS) is 12.3. The molecule has 0 amide bonds. The molecule has 8 nitrogen and oxygen atoms in total. The second kappa shape index (κ2) is 9.29. The van der Waals surface area contributed by atoms with E-state index in [0.29, 0.717) is 5.75 Å². The summed E-state index contributed by atoms with van der Waals surface area (Å²) >= 11 is 0. The van der Waals surface area contributed by atoms with E-state index in [9.17, 15) is 16.8 Å². The number of rotatable bonds is 10. The van der Waals surface area contributed by atoms with Crippen molar-refractivity contribution < 1.29 is 21.6 Å². The van der Waals surface area contributed by atoms with Gasteiger partial charge in [0.25, 0.3) is 10.2 Å². The van der Waals surface area contributed by atoms with Crippen molar-refractivity contribution in [2.75, 3.05) is 27.2 Å². The van der Waals surface area contributed by atoms with Crippen LogP contribution in [-0.2, 0) is 26.8 Å². The van der Waals surface area contributed by atoms with Gasteiger partial charge in [-0.05, 0) is 29.8 Å². The largest absolute Gasteiger partial charge is 0.492 e. The molecule has 0 aliphatic rings. The topological polar surface area (TPSA) is 105 Å². The fraction of sp³-hybridized carbons (Fsp3) is 0.294. The van der Waals surface area contributed by atoms with E-state index in [1.807, 2.05) is 30.3 Å². The van der Waals surface area contributed by atoms with Crippen LogP contribution in [-0.4, -0.2) is 48.4 Å². The van der Waals surface area contributed by atoms with Crippen LogP contribution >= 0.6 is 0 Å². The second-order valence-corrected chi connectivity index (χ2v) is 9.55. The minimum absolute atomic E-state index is 0.0964. The molecule has 0 aliphatic carbocycles. The van der Waals surface area contributed by atoms with Crippen LogP contribution < -0.4 is 14.2 Å². The molecule has 0 saturated heterocycles. The molecule has 0 unspecified atom stereocenters. The maximum absolute atomic E-state index is 12.3. The summed E-state index contributed by atoms with van der Waals surface area (Å²) in [5, 5.41) is 0. The van der Waals surface area contributed by atoms with Gasteiger partial charge in [-0.1, -0.05) is 30.3 Å². The number of hydrogen-bond donors (Lipinski definition) is 2. The number of nitrogens with one attached hydrogen (secondary N) is 2. The van der Waals surface area contributed by atoms with E-state index in [4.69, 9.17) is 4.74 Å². The summed E-state index contributed by atoms with van der Waals surface area (Å²) in [5.74, 6) is 0.445. The zero-order chi connectivity index (χ0) is 19.9. The first-order valence-corrected chi connectivity index (χ1v) is 11.1. The predicted molar refractivity (Wildman–Crippen MR) is 103 cm³/mol. The van der Waals surface area contributed by atoms with Crippen LogP contribution in [0.25, 0.3) is 0 Å². The maximum atomic E-state index is 12.3. The highest BCUT2D eigenvalue weighted by atomic mass is 32.2. The summed E-state index contributed by atoms with van der Waals surface area (Å²) in [5.41, 5.74) is 0.862. The predicted octanol–water partition coefficient (Wildman–Crippen LogP) is 0.940. The molecule has 10 heteroatoms. The summed E-state index contributed by atoms with van der Waals surface area (Å²) < 4.78 is 59.1. The molecule has 0 aliphatic heterocycles. The Morgan fingerprint density at radius 1 is 0.889 bits per heavy atom. The number of hydrogen-bond acceptors (Lipinski definition) is 5. The second-order valence-electron chi connectivity index (χ2n) is 5.81. The average Bonchev–Trinajstić information content (AvgIpc) is 2.65. The fourth-order valence-corrected chi connectivity index (χ4v) is 3.66. The standard InChI is InChI=1S/C17H23N3O5S2/c1-20(2)27(23,24)18-12-13-25-16-8-10-17(11-9-16)26(21,22)19-14-15-6-4-3-5-7-15/h3-11,18-19H,12-14H2,1-2H3. The molecule has 0 aromatic heterocycles. The fourth-order valence-electron chi connectivity index (χ4n) is 2.04. The van der Waals surface area contributed by atoms with Crippen molar-refractivity contribution in [2.24, 2.45) is 0 Å². The van der Waals surface area contributed by atoms with E-state index in [1.54, 1.807) is 0 Å². The molecule has 148 valence electrons. The Kier molecular flexibility index (Phi) is 7.33. The third kappa shape index (κ3) is 6.60. The maximum Gasteiger partial charge on any atom is 0.279 e. The average molecular weight is 414 g/mol. The van der Waals surface area contributed by atoms with Crippen molar-refractivity contribution in [1.29, 1.82) is 0 Å². The van der Waals surface area contributed by atoms with Gasteiger partial charge < -0.3 is 4.74 Å². The van der Waals surface area contributed by atoms with Crippen LogP contribution in [0.1, 0.15) is 5.56 Å². The molecule has 2 aromatic rings. The smallest absolute Gasteiger partial charge is 0.279 e. The lowest BCUT2D eigenvalue weighted by molar-refractivity contribution is 0.321. The van der Waals surface area contributed by atoms with Crippen LogP contribution in [0.4, 0.5) is 0 Å². The number of ether oxygens (including phenoxy) is 1. The van der Waals surface area contributed by atoms with Gasteiger partial charge in [0.2, 0.25) is 10.0 Å². The molecular formula is C17H23N3O5S2. The molecule has 0 spiro atoms. The summed E-state index contributed by atoms with van der Waals surface area (Å²) in [6, 6.07) is 15.1. The summed E-state index contributed by atoms with van der Waals surface area (Å²) in [7, 11) is -4.27. The first-order valence-electron chi connectivity index (χ1n) is 8.14. The van der Waals surface area contributed by atoms with Gasteiger partial charge in [0, 0.05) is 27.2 Å². The lowest BCUT2D eigenvalue weighted by Gasteiger charge is -2.13. The third-order valence-electron chi connectivity index (χ3n) is 3.58. The molecule has 0 fully saturated rings. The van der Waals surface area contributed by atoms with Crippen LogP contribution in [0.2, 0.25) is 0 Å². The van der Waals surface area contributed by atoms with Gasteiger partial charge in [-0.15, -0.1) is 0 Å². The van der Waals surface area contributed by atoms with Crippen LogP contribution in [0, 0.1) is 0 Å². The Morgan fingerprint density at radius 2 is 1.52 bits per heavy atom. The molecule has 2 rings (SSSR count). The molecule has 2 N–H and O–H groups in total. The van der Waals surface area contributed by atoms with E-state index in [-0.39, 0.29) is 24.6 Å². The highest BCUT2D eigenvalue weighted by molar-refractivity contribution is 7.89. The van der Waals surface area contributed by atoms with Crippen LogP contribution in [0.3, 0.4) is 0 Å². The van der Waals surface area contributed by atoms with Crippen molar-refractivity contribution in [1.82, 2.24) is 13.7 Å². The lowest BCUT2D eigenvalue weighted by Crippen LogP contribution is -2.37. The third-order valence-corrected chi connectivity index (χ3v) is 6.53. The Hall–Kier alpha value is -1.98. The van der Waals surface area contributed by atoms with Gasteiger partial charge in [-0.25, -0.2) is 13.1 Å². The highest BCUT2D eigenvalue weighted by Crippen LogP contribution is 2.16. The highest BCUT2D eigenvalue weighted by Gasteiger charge is 2.14. The molecule has 27 heavy (non-hydrogen) atoms. The van der Waals surface area contributed by atoms with Gasteiger partial charge >= 0.3 is 0 Å². The zero-order valence-electron chi connectivity index (χ0n) is 15.1. The van der Waals surface area contributed by atoms with E-state index in [1.165, 1.54) is 38.4 Å². The summed E-state index contributed by atoms with van der Waals surface area (Å²) in [6.45, 7) is 0.415. The monoisotopic (exact) mass is 413 g/mol. The van der Waals surface area contributed by atoms with Crippen molar-refractivity contribution in [3.63, 3.8) is 0 Å². The Balaban J connectivity index is 1.86. The first-order chi connectivity index (χ1) is 12.7. The van der Waals surface area contributed by atoms with Gasteiger partial charge in [0.05, 0.1) is 4.90 Å². The minimum Gasteiger partial charge on any atom is -0.492 e. The van der Waals surface area contributed by atoms with E-state index in [0.717, 1.165) is 9.87 Å². The molecule has 0 heterocycles. The Labute approximate surface area is 160 Å². The lowest BCUT2D eigenvalue weighted by atomic mass is 10.2. The van der Waals surface area contributed by atoms with E-state index < -0.39 is 20.2 Å². The number of sulfonamides is 1. The van der Waals surface area contributed by atoms with Crippen molar-refractivity contribution in [2.45, 2.75) is 11.4 Å². The van der Waals surface area contributed by atoms with E-state index in [2.05, 4.69) is 9.44 Å². The van der Waals surface area contributed by atoms with Gasteiger partial charge in [0.1, 0.15) is 12.4 Å². The molecule has 0 radical (unpaired) electrons. The van der Waals surface area contributed by atoms with Crippen LogP contribution in [0.5, 0.6) is 5.75 Å².